The zero-order valence-corrected chi connectivity index (χ0v) is 11.4. The highest BCUT2D eigenvalue weighted by Crippen LogP contribution is 2.22. The lowest BCUT2D eigenvalue weighted by Gasteiger charge is -2.30. The third-order valence-electron chi connectivity index (χ3n) is 3.79. The van der Waals surface area contributed by atoms with Crippen molar-refractivity contribution in [2.75, 3.05) is 19.6 Å². The molecule has 1 heterocycles. The molecule has 0 aromatic carbocycles. The second-order valence-electron chi connectivity index (χ2n) is 5.05. The van der Waals surface area contributed by atoms with Crippen molar-refractivity contribution in [3.63, 3.8) is 0 Å². The summed E-state index contributed by atoms with van der Waals surface area (Å²) in [6, 6.07) is 0.498. The maximum atomic E-state index is 3.57. The summed E-state index contributed by atoms with van der Waals surface area (Å²) in [6.45, 7) is 7.55. The van der Waals surface area contributed by atoms with E-state index in [0.717, 1.165) is 26.1 Å². The smallest absolute Gasteiger partial charge is 0.0290 e. The lowest BCUT2D eigenvalue weighted by molar-refractivity contribution is 0.401. The molecule has 1 saturated heterocycles. The minimum absolute atomic E-state index is 0.498. The van der Waals surface area contributed by atoms with Gasteiger partial charge in [0.05, 0.1) is 0 Å². The van der Waals surface area contributed by atoms with E-state index in [1.807, 2.05) is 0 Å². The zero-order valence-electron chi connectivity index (χ0n) is 11.4. The van der Waals surface area contributed by atoms with E-state index in [9.17, 15) is 0 Å². The van der Waals surface area contributed by atoms with E-state index >= 15 is 0 Å². The summed E-state index contributed by atoms with van der Waals surface area (Å²) in [5, 5.41) is 6.92. The third kappa shape index (κ3) is 3.44. The first-order chi connectivity index (χ1) is 8.81. The van der Waals surface area contributed by atoms with E-state index in [1.54, 1.807) is 0 Å². The summed E-state index contributed by atoms with van der Waals surface area (Å²) in [5.74, 6) is 0.713. The van der Waals surface area contributed by atoms with Gasteiger partial charge in [-0.05, 0) is 25.8 Å². The van der Waals surface area contributed by atoms with Gasteiger partial charge in [0.1, 0.15) is 0 Å². The second-order valence-corrected chi connectivity index (χ2v) is 5.05. The van der Waals surface area contributed by atoms with Gasteiger partial charge in [0.15, 0.2) is 0 Å². The van der Waals surface area contributed by atoms with Crippen molar-refractivity contribution in [3.05, 3.63) is 47.6 Å². The fourth-order valence-electron chi connectivity index (χ4n) is 2.38. The van der Waals surface area contributed by atoms with Gasteiger partial charge in [0.25, 0.3) is 0 Å². The molecule has 0 saturated carbocycles. The number of hydrogen-bond donors (Lipinski definition) is 2. The average molecular weight is 244 g/mol. The van der Waals surface area contributed by atoms with E-state index in [2.05, 4.69) is 60.9 Å². The van der Waals surface area contributed by atoms with Crippen LogP contribution >= 0.6 is 0 Å². The Morgan fingerprint density at radius 1 is 1.39 bits per heavy atom. The van der Waals surface area contributed by atoms with Gasteiger partial charge in [-0.1, -0.05) is 42.0 Å². The van der Waals surface area contributed by atoms with Crippen LogP contribution in [0, 0.1) is 5.92 Å². The molecular weight excluding hydrogens is 220 g/mol. The van der Waals surface area contributed by atoms with Crippen LogP contribution in [0.3, 0.4) is 0 Å². The van der Waals surface area contributed by atoms with Crippen molar-refractivity contribution in [3.8, 4) is 0 Å². The summed E-state index contributed by atoms with van der Waals surface area (Å²) in [6.07, 6.45) is 14.4. The van der Waals surface area contributed by atoms with Crippen LogP contribution in [0.15, 0.2) is 47.6 Å². The van der Waals surface area contributed by atoms with Gasteiger partial charge >= 0.3 is 0 Å². The number of hydrogen-bond acceptors (Lipinski definition) is 2. The first kappa shape index (κ1) is 13.3. The van der Waals surface area contributed by atoms with E-state index in [0.29, 0.717) is 12.0 Å². The highest BCUT2D eigenvalue weighted by Gasteiger charge is 2.21. The largest absolute Gasteiger partial charge is 0.315 e. The SMILES string of the molecule is C/C=C(C)\C(=C/CNC1C=CC=CC1)C1CNC1. The molecule has 0 amide bonds. The second kappa shape index (κ2) is 6.72. The van der Waals surface area contributed by atoms with Crippen molar-refractivity contribution in [2.24, 2.45) is 5.92 Å². The molecule has 0 bridgehead atoms. The van der Waals surface area contributed by atoms with E-state index in [-0.39, 0.29) is 0 Å². The van der Waals surface area contributed by atoms with Crippen molar-refractivity contribution in [1.29, 1.82) is 0 Å². The Morgan fingerprint density at radius 2 is 2.22 bits per heavy atom. The quantitative estimate of drug-likeness (QED) is 0.726. The van der Waals surface area contributed by atoms with Crippen LogP contribution in [0.1, 0.15) is 20.3 Å². The third-order valence-corrected chi connectivity index (χ3v) is 3.79. The van der Waals surface area contributed by atoms with E-state index < -0.39 is 0 Å². The molecule has 1 aliphatic heterocycles. The predicted molar refractivity (Wildman–Crippen MR) is 78.6 cm³/mol. The van der Waals surface area contributed by atoms with E-state index in [4.69, 9.17) is 0 Å². The van der Waals surface area contributed by atoms with Crippen molar-refractivity contribution < 1.29 is 0 Å². The first-order valence-corrected chi connectivity index (χ1v) is 6.92. The number of allylic oxidation sites excluding steroid dienone is 4. The molecule has 2 aliphatic rings. The molecule has 1 atom stereocenters. The van der Waals surface area contributed by atoms with Crippen LogP contribution in [0.5, 0.6) is 0 Å². The Balaban J connectivity index is 1.87. The molecule has 0 aromatic rings. The molecule has 2 N–H and O–H groups in total. The molecule has 2 nitrogen and oxygen atoms in total. The average Bonchev–Trinajstić information content (AvgIpc) is 2.36. The van der Waals surface area contributed by atoms with Crippen LogP contribution < -0.4 is 10.6 Å². The van der Waals surface area contributed by atoms with Crippen LogP contribution in [-0.4, -0.2) is 25.7 Å². The number of nitrogens with one attached hydrogen (secondary N) is 2. The molecule has 2 rings (SSSR count). The van der Waals surface area contributed by atoms with Gasteiger partial charge in [0, 0.05) is 31.6 Å². The molecule has 1 aliphatic carbocycles. The fourth-order valence-corrected chi connectivity index (χ4v) is 2.38. The lowest BCUT2D eigenvalue weighted by atomic mass is 9.88. The summed E-state index contributed by atoms with van der Waals surface area (Å²) in [4.78, 5) is 0. The monoisotopic (exact) mass is 244 g/mol. The summed E-state index contributed by atoms with van der Waals surface area (Å²) in [7, 11) is 0. The standard InChI is InChI=1S/C16H24N2/c1-3-13(2)16(14-11-17-12-14)9-10-18-15-7-5-4-6-8-15/h3-7,9,14-15,17-18H,8,10-12H2,1-2H3/b13-3-,16-9+. The van der Waals surface area contributed by atoms with Crippen LogP contribution in [-0.2, 0) is 0 Å². The van der Waals surface area contributed by atoms with Gasteiger partial charge in [-0.15, -0.1) is 0 Å². The van der Waals surface area contributed by atoms with Crippen molar-refractivity contribution in [2.45, 2.75) is 26.3 Å². The number of rotatable bonds is 5. The van der Waals surface area contributed by atoms with E-state index in [1.165, 1.54) is 11.1 Å². The highest BCUT2D eigenvalue weighted by atomic mass is 14.9. The van der Waals surface area contributed by atoms with Crippen molar-refractivity contribution >= 4 is 0 Å². The topological polar surface area (TPSA) is 24.1 Å². The van der Waals surface area contributed by atoms with Gasteiger partial charge in [-0.3, -0.25) is 0 Å². The maximum Gasteiger partial charge on any atom is 0.0290 e. The Labute approximate surface area is 111 Å². The van der Waals surface area contributed by atoms with Crippen LogP contribution in [0.25, 0.3) is 0 Å². The summed E-state index contributed by atoms with van der Waals surface area (Å²) < 4.78 is 0. The molecule has 2 heteroatoms. The van der Waals surface area contributed by atoms with Crippen molar-refractivity contribution in [1.82, 2.24) is 10.6 Å². The first-order valence-electron chi connectivity index (χ1n) is 6.92. The molecule has 0 aromatic heterocycles. The zero-order chi connectivity index (χ0) is 12.8. The molecule has 1 unspecified atom stereocenters. The molecule has 98 valence electrons. The lowest BCUT2D eigenvalue weighted by Crippen LogP contribution is -2.43. The Hall–Kier alpha value is -1.12. The normalized spacial score (nSPS) is 25.3. The van der Waals surface area contributed by atoms with Gasteiger partial charge < -0.3 is 10.6 Å². The van der Waals surface area contributed by atoms with Crippen LogP contribution in [0.4, 0.5) is 0 Å². The molecule has 0 spiro atoms. The summed E-state index contributed by atoms with van der Waals surface area (Å²) in [5.41, 5.74) is 2.93. The minimum Gasteiger partial charge on any atom is -0.315 e. The maximum absolute atomic E-state index is 3.57. The Kier molecular flexibility index (Phi) is 4.97. The van der Waals surface area contributed by atoms with Gasteiger partial charge in [0.2, 0.25) is 0 Å². The summed E-state index contributed by atoms with van der Waals surface area (Å²) >= 11 is 0. The Morgan fingerprint density at radius 3 is 2.78 bits per heavy atom. The highest BCUT2D eigenvalue weighted by molar-refractivity contribution is 5.33. The molecular formula is C16H24N2. The molecule has 18 heavy (non-hydrogen) atoms. The van der Waals surface area contributed by atoms with Gasteiger partial charge in [-0.2, -0.15) is 0 Å². The van der Waals surface area contributed by atoms with Gasteiger partial charge in [-0.25, -0.2) is 0 Å². The fraction of sp³-hybridized carbons (Fsp3) is 0.500. The van der Waals surface area contributed by atoms with Crippen LogP contribution in [0.2, 0.25) is 0 Å². The molecule has 1 fully saturated rings. The molecule has 0 radical (unpaired) electrons. The predicted octanol–water partition coefficient (Wildman–Crippen LogP) is 2.57. The Bertz CT molecular complexity index is 384. The minimum atomic E-state index is 0.498.